The van der Waals surface area contributed by atoms with Crippen LogP contribution in [0.5, 0.6) is 0 Å². The lowest BCUT2D eigenvalue weighted by Gasteiger charge is -2.24. The second-order valence-corrected chi connectivity index (χ2v) is 10.2. The number of hydrogen-bond donors (Lipinski definition) is 6. The summed E-state index contributed by atoms with van der Waals surface area (Å²) in [6.45, 7) is 1.89. The molecule has 0 aliphatic heterocycles. The predicted molar refractivity (Wildman–Crippen MR) is 142 cm³/mol. The Balaban J connectivity index is 3.37. The molecule has 0 saturated carbocycles. The van der Waals surface area contributed by atoms with E-state index >= 15 is 0 Å². The molecule has 4 atom stereocenters. The van der Waals surface area contributed by atoms with Gasteiger partial charge in [0.15, 0.2) is 6.10 Å². The number of aliphatic hydroxyl groups excluding tert-OH is 5. The lowest BCUT2D eigenvalue weighted by molar-refractivity contribution is -0.148. The van der Waals surface area contributed by atoms with Gasteiger partial charge in [-0.15, -0.1) is 0 Å². The van der Waals surface area contributed by atoms with Crippen molar-refractivity contribution in [2.24, 2.45) is 0 Å². The fraction of sp³-hybridized carbons (Fsp3) is 0.964. The van der Waals surface area contributed by atoms with Gasteiger partial charge in [0, 0.05) is 6.54 Å². The second kappa shape index (κ2) is 24.9. The van der Waals surface area contributed by atoms with Gasteiger partial charge in [-0.25, -0.2) is 0 Å². The summed E-state index contributed by atoms with van der Waals surface area (Å²) in [7, 11) is 0. The molecule has 0 fully saturated rings. The maximum atomic E-state index is 11.8. The Morgan fingerprint density at radius 2 is 0.914 bits per heavy atom. The summed E-state index contributed by atoms with van der Waals surface area (Å²) in [5.41, 5.74) is 0. The van der Waals surface area contributed by atoms with Gasteiger partial charge >= 0.3 is 0 Å². The van der Waals surface area contributed by atoms with Crippen molar-refractivity contribution >= 4 is 5.91 Å². The van der Waals surface area contributed by atoms with E-state index < -0.39 is 36.9 Å². The minimum atomic E-state index is -1.85. The van der Waals surface area contributed by atoms with E-state index in [0.717, 1.165) is 19.3 Å². The van der Waals surface area contributed by atoms with Crippen molar-refractivity contribution in [3.05, 3.63) is 0 Å². The third-order valence-electron chi connectivity index (χ3n) is 6.85. The molecular formula is C28H57NO6. The summed E-state index contributed by atoms with van der Waals surface area (Å²) in [5, 5.41) is 49.6. The molecule has 7 nitrogen and oxygen atoms in total. The number of hydrogen-bond acceptors (Lipinski definition) is 6. The highest BCUT2D eigenvalue weighted by atomic mass is 16.4. The molecule has 0 unspecified atom stereocenters. The van der Waals surface area contributed by atoms with Crippen LogP contribution in [0.3, 0.4) is 0 Å². The van der Waals surface area contributed by atoms with Gasteiger partial charge in [-0.05, 0) is 6.42 Å². The van der Waals surface area contributed by atoms with Crippen LogP contribution in [-0.4, -0.2) is 69.0 Å². The maximum absolute atomic E-state index is 11.8. The average molecular weight is 504 g/mol. The van der Waals surface area contributed by atoms with Gasteiger partial charge in [0.05, 0.1) is 6.61 Å². The van der Waals surface area contributed by atoms with E-state index in [1.807, 2.05) is 0 Å². The normalized spacial score (nSPS) is 15.0. The quantitative estimate of drug-likeness (QED) is 0.0973. The van der Waals surface area contributed by atoms with Crippen molar-refractivity contribution in [2.75, 3.05) is 13.2 Å². The third-order valence-corrected chi connectivity index (χ3v) is 6.85. The lowest BCUT2D eigenvalue weighted by atomic mass is 10.0. The predicted octanol–water partition coefficient (Wildman–Crippen LogP) is 4.36. The molecule has 0 bridgehead atoms. The molecule has 0 rings (SSSR count). The minimum absolute atomic E-state index is 0.389. The van der Waals surface area contributed by atoms with Crippen molar-refractivity contribution in [3.63, 3.8) is 0 Å². The number of amides is 1. The highest BCUT2D eigenvalue weighted by Gasteiger charge is 2.33. The van der Waals surface area contributed by atoms with Crippen LogP contribution in [-0.2, 0) is 4.79 Å². The largest absolute Gasteiger partial charge is 0.394 e. The summed E-state index contributed by atoms with van der Waals surface area (Å²) >= 11 is 0. The molecule has 6 N–H and O–H groups in total. The molecule has 0 aromatic carbocycles. The van der Waals surface area contributed by atoms with Crippen molar-refractivity contribution < 1.29 is 30.3 Å². The van der Waals surface area contributed by atoms with Crippen LogP contribution in [0.4, 0.5) is 0 Å². The molecule has 35 heavy (non-hydrogen) atoms. The molecule has 210 valence electrons. The van der Waals surface area contributed by atoms with Crippen molar-refractivity contribution in [1.29, 1.82) is 0 Å². The van der Waals surface area contributed by atoms with Crippen LogP contribution in [0.25, 0.3) is 0 Å². The van der Waals surface area contributed by atoms with Crippen molar-refractivity contribution in [3.8, 4) is 0 Å². The second-order valence-electron chi connectivity index (χ2n) is 10.2. The van der Waals surface area contributed by atoms with Crippen molar-refractivity contribution in [1.82, 2.24) is 5.32 Å². The fourth-order valence-corrected chi connectivity index (χ4v) is 4.37. The molecular weight excluding hydrogens is 446 g/mol. The Morgan fingerprint density at radius 3 is 1.26 bits per heavy atom. The fourth-order valence-electron chi connectivity index (χ4n) is 4.37. The van der Waals surface area contributed by atoms with Crippen LogP contribution in [0.1, 0.15) is 135 Å². The highest BCUT2D eigenvalue weighted by molar-refractivity contribution is 5.81. The van der Waals surface area contributed by atoms with Crippen LogP contribution in [0, 0.1) is 0 Å². The van der Waals surface area contributed by atoms with E-state index in [1.54, 1.807) is 0 Å². The van der Waals surface area contributed by atoms with Crippen molar-refractivity contribution in [2.45, 2.75) is 160 Å². The van der Waals surface area contributed by atoms with E-state index in [4.69, 9.17) is 5.11 Å². The third kappa shape index (κ3) is 20.1. The average Bonchev–Trinajstić information content (AvgIpc) is 2.87. The Hall–Kier alpha value is -0.730. The Kier molecular flexibility index (Phi) is 24.4. The Bertz CT molecular complexity index is 465. The standard InChI is InChI=1S/C28H57NO6/c1-2-3-4-5-6-7-8-9-10-11-12-13-14-15-16-17-18-19-20-21-22-29-28(35)27(34)26(33)25(32)24(31)23-30/h24-27,30-34H,2-23H2,1H3,(H,29,35)/t24-,25-,26+,27-/m1/s1. The van der Waals surface area contributed by atoms with E-state index in [2.05, 4.69) is 12.2 Å². The van der Waals surface area contributed by atoms with E-state index in [0.29, 0.717) is 6.54 Å². The summed E-state index contributed by atoms with van der Waals surface area (Å²) in [6.07, 6.45) is 19.0. The van der Waals surface area contributed by atoms with Gasteiger partial charge in [0.25, 0.3) is 5.91 Å². The van der Waals surface area contributed by atoms with Gasteiger partial charge in [0.1, 0.15) is 18.3 Å². The van der Waals surface area contributed by atoms with Gasteiger partial charge < -0.3 is 30.8 Å². The molecule has 0 saturated heterocycles. The molecule has 0 aromatic rings. The molecule has 0 aliphatic rings. The summed E-state index contributed by atoms with van der Waals surface area (Å²) in [6, 6.07) is 0. The number of nitrogens with one attached hydrogen (secondary N) is 1. The number of carbonyl (C=O) groups is 1. The zero-order valence-corrected chi connectivity index (χ0v) is 22.5. The molecule has 0 aromatic heterocycles. The topological polar surface area (TPSA) is 130 Å². The lowest BCUT2D eigenvalue weighted by Crippen LogP contribution is -2.51. The molecule has 0 spiro atoms. The van der Waals surface area contributed by atoms with E-state index in [9.17, 15) is 25.2 Å². The first-order valence-corrected chi connectivity index (χ1v) is 14.6. The zero-order valence-electron chi connectivity index (χ0n) is 22.5. The van der Waals surface area contributed by atoms with Crippen LogP contribution in [0.2, 0.25) is 0 Å². The van der Waals surface area contributed by atoms with Crippen LogP contribution in [0.15, 0.2) is 0 Å². The first kappa shape index (κ1) is 34.3. The van der Waals surface area contributed by atoms with E-state index in [1.165, 1.54) is 109 Å². The Morgan fingerprint density at radius 1 is 0.571 bits per heavy atom. The number of carbonyl (C=O) groups excluding carboxylic acids is 1. The first-order chi connectivity index (χ1) is 17.0. The van der Waals surface area contributed by atoms with Gasteiger partial charge in [-0.1, -0.05) is 129 Å². The number of unbranched alkanes of at least 4 members (excludes halogenated alkanes) is 19. The summed E-state index contributed by atoms with van der Waals surface area (Å²) in [5.74, 6) is -0.792. The number of rotatable bonds is 26. The van der Waals surface area contributed by atoms with Gasteiger partial charge in [0.2, 0.25) is 0 Å². The highest BCUT2D eigenvalue weighted by Crippen LogP contribution is 2.15. The van der Waals surface area contributed by atoms with Gasteiger partial charge in [-0.3, -0.25) is 4.79 Å². The maximum Gasteiger partial charge on any atom is 0.251 e. The molecule has 0 heterocycles. The number of aliphatic hydroxyl groups is 5. The SMILES string of the molecule is CCCCCCCCCCCCCCCCCCCCCCNC(=O)[C@H](O)[C@@H](O)[C@H](O)[C@H](O)CO. The molecule has 1 amide bonds. The Labute approximate surface area is 214 Å². The van der Waals surface area contributed by atoms with Gasteiger partial charge in [-0.2, -0.15) is 0 Å². The van der Waals surface area contributed by atoms with Crippen LogP contribution >= 0.6 is 0 Å². The minimum Gasteiger partial charge on any atom is -0.394 e. The zero-order chi connectivity index (χ0) is 26.2. The summed E-state index contributed by atoms with van der Waals surface area (Å²) < 4.78 is 0. The van der Waals surface area contributed by atoms with E-state index in [-0.39, 0.29) is 0 Å². The first-order valence-electron chi connectivity index (χ1n) is 14.6. The smallest absolute Gasteiger partial charge is 0.251 e. The summed E-state index contributed by atoms with van der Waals surface area (Å²) in [4.78, 5) is 11.8. The molecule has 7 heteroatoms. The van der Waals surface area contributed by atoms with Crippen LogP contribution < -0.4 is 5.32 Å². The molecule has 0 aliphatic carbocycles. The molecule has 0 radical (unpaired) electrons. The monoisotopic (exact) mass is 503 g/mol.